The lowest BCUT2D eigenvalue weighted by Gasteiger charge is -2.34. The van der Waals surface area contributed by atoms with Gasteiger partial charge in [-0.2, -0.15) is 5.10 Å². The van der Waals surface area contributed by atoms with Gasteiger partial charge in [0.05, 0.1) is 23.4 Å². The fraction of sp³-hybridized carbons (Fsp3) is 0.227. The van der Waals surface area contributed by atoms with Crippen molar-refractivity contribution in [2.75, 3.05) is 33.3 Å². The molecule has 0 aliphatic carbocycles. The molecule has 1 aromatic heterocycles. The maximum atomic E-state index is 12.9. The maximum Gasteiger partial charge on any atom is 0.272 e. The van der Waals surface area contributed by atoms with E-state index in [-0.39, 0.29) is 11.8 Å². The maximum absolute atomic E-state index is 12.9. The van der Waals surface area contributed by atoms with Gasteiger partial charge in [0, 0.05) is 31.7 Å². The van der Waals surface area contributed by atoms with Crippen molar-refractivity contribution in [1.29, 1.82) is 0 Å². The van der Waals surface area contributed by atoms with E-state index in [4.69, 9.17) is 16.3 Å². The molecule has 7 nitrogen and oxygen atoms in total. The van der Waals surface area contributed by atoms with Crippen molar-refractivity contribution < 1.29 is 14.3 Å². The van der Waals surface area contributed by atoms with Crippen LogP contribution in [0.1, 0.15) is 20.8 Å². The van der Waals surface area contributed by atoms with Crippen LogP contribution in [0.15, 0.2) is 54.6 Å². The van der Waals surface area contributed by atoms with Crippen LogP contribution in [0.3, 0.4) is 0 Å². The number of ether oxygens (including phenoxy) is 1. The highest BCUT2D eigenvalue weighted by Gasteiger charge is 2.27. The van der Waals surface area contributed by atoms with Crippen LogP contribution in [0.25, 0.3) is 11.3 Å². The van der Waals surface area contributed by atoms with Gasteiger partial charge in [0.2, 0.25) is 0 Å². The minimum absolute atomic E-state index is 0.116. The molecule has 1 fully saturated rings. The second kappa shape index (κ2) is 8.59. The van der Waals surface area contributed by atoms with Crippen LogP contribution in [0.5, 0.6) is 5.75 Å². The molecule has 1 saturated heterocycles. The lowest BCUT2D eigenvalue weighted by atomic mass is 10.1. The van der Waals surface area contributed by atoms with Gasteiger partial charge in [-0.15, -0.1) is 0 Å². The Morgan fingerprint density at radius 2 is 1.67 bits per heavy atom. The number of nitrogens with one attached hydrogen (secondary N) is 1. The van der Waals surface area contributed by atoms with E-state index in [1.165, 1.54) is 0 Å². The molecule has 154 valence electrons. The minimum Gasteiger partial charge on any atom is -0.497 e. The molecule has 1 N–H and O–H groups in total. The minimum atomic E-state index is -0.138. The number of hydrogen-bond acceptors (Lipinski definition) is 4. The normalized spacial score (nSPS) is 13.9. The number of hydrogen-bond donors (Lipinski definition) is 1. The molecule has 1 aliphatic rings. The van der Waals surface area contributed by atoms with E-state index in [1.807, 2.05) is 24.3 Å². The monoisotopic (exact) mass is 424 g/mol. The zero-order chi connectivity index (χ0) is 21.1. The van der Waals surface area contributed by atoms with Crippen LogP contribution in [0.2, 0.25) is 5.02 Å². The standard InChI is InChI=1S/C22H21ClN4O3/c1-30-16-6-4-5-15(13-16)19-14-20(25-24-19)22(29)27-11-9-26(10-12-27)21(28)17-7-2-3-8-18(17)23/h2-8,13-14H,9-12H2,1H3,(H,24,25). The fourth-order valence-corrected chi connectivity index (χ4v) is 3.67. The first-order chi connectivity index (χ1) is 14.6. The van der Waals surface area contributed by atoms with Crippen molar-refractivity contribution in [2.24, 2.45) is 0 Å². The largest absolute Gasteiger partial charge is 0.497 e. The number of benzene rings is 2. The van der Waals surface area contributed by atoms with Crippen LogP contribution in [-0.4, -0.2) is 65.1 Å². The predicted octanol–water partition coefficient (Wildman–Crippen LogP) is 3.34. The second-order valence-electron chi connectivity index (χ2n) is 6.96. The lowest BCUT2D eigenvalue weighted by Crippen LogP contribution is -2.50. The average molecular weight is 425 g/mol. The van der Waals surface area contributed by atoms with Gasteiger partial charge in [0.1, 0.15) is 11.4 Å². The molecule has 4 rings (SSSR count). The van der Waals surface area contributed by atoms with Crippen molar-refractivity contribution >= 4 is 23.4 Å². The number of aromatic nitrogens is 2. The molecule has 0 radical (unpaired) electrons. The molecule has 2 aromatic carbocycles. The van der Waals surface area contributed by atoms with Gasteiger partial charge in [0.25, 0.3) is 11.8 Å². The molecule has 0 saturated carbocycles. The van der Waals surface area contributed by atoms with E-state index in [0.29, 0.717) is 48.2 Å². The van der Waals surface area contributed by atoms with Gasteiger partial charge in [0.15, 0.2) is 0 Å². The highest BCUT2D eigenvalue weighted by Crippen LogP contribution is 2.23. The third-order valence-electron chi connectivity index (χ3n) is 5.13. The van der Waals surface area contributed by atoms with Crippen molar-refractivity contribution in [1.82, 2.24) is 20.0 Å². The summed E-state index contributed by atoms with van der Waals surface area (Å²) in [5, 5.41) is 7.52. The number of piperazine rings is 1. The zero-order valence-electron chi connectivity index (χ0n) is 16.5. The topological polar surface area (TPSA) is 78.5 Å². The van der Waals surface area contributed by atoms with Crippen molar-refractivity contribution in [2.45, 2.75) is 0 Å². The highest BCUT2D eigenvalue weighted by molar-refractivity contribution is 6.33. The van der Waals surface area contributed by atoms with Gasteiger partial charge in [-0.05, 0) is 30.3 Å². The summed E-state index contributed by atoms with van der Waals surface area (Å²) in [5.41, 5.74) is 2.43. The average Bonchev–Trinajstić information content (AvgIpc) is 3.29. The summed E-state index contributed by atoms with van der Waals surface area (Å²) in [7, 11) is 1.61. The van der Waals surface area contributed by atoms with E-state index in [9.17, 15) is 9.59 Å². The molecule has 0 spiro atoms. The third kappa shape index (κ3) is 4.02. The summed E-state index contributed by atoms with van der Waals surface area (Å²) >= 11 is 6.14. The van der Waals surface area contributed by atoms with E-state index < -0.39 is 0 Å². The molecule has 0 bridgehead atoms. The number of halogens is 1. The number of methoxy groups -OCH3 is 1. The molecule has 0 unspecified atom stereocenters. The summed E-state index contributed by atoms with van der Waals surface area (Å²) in [6.45, 7) is 1.80. The van der Waals surface area contributed by atoms with Gasteiger partial charge in [-0.1, -0.05) is 35.9 Å². The first-order valence-electron chi connectivity index (χ1n) is 9.60. The van der Waals surface area contributed by atoms with Crippen LogP contribution in [0, 0.1) is 0 Å². The van der Waals surface area contributed by atoms with Crippen LogP contribution in [-0.2, 0) is 0 Å². The van der Waals surface area contributed by atoms with Crippen molar-refractivity contribution in [3.63, 3.8) is 0 Å². The smallest absolute Gasteiger partial charge is 0.272 e. The number of nitrogens with zero attached hydrogens (tertiary/aromatic N) is 3. The molecule has 30 heavy (non-hydrogen) atoms. The highest BCUT2D eigenvalue weighted by atomic mass is 35.5. The summed E-state index contributed by atoms with van der Waals surface area (Å²) in [6.07, 6.45) is 0. The Hall–Kier alpha value is -3.32. The Kier molecular flexibility index (Phi) is 5.72. The Labute approximate surface area is 179 Å². The molecule has 1 aliphatic heterocycles. The quantitative estimate of drug-likeness (QED) is 0.696. The summed E-state index contributed by atoms with van der Waals surface area (Å²) < 4.78 is 5.24. The number of amides is 2. The third-order valence-corrected chi connectivity index (χ3v) is 5.46. The molecular weight excluding hydrogens is 404 g/mol. The van der Waals surface area contributed by atoms with Gasteiger partial charge >= 0.3 is 0 Å². The van der Waals surface area contributed by atoms with E-state index in [1.54, 1.807) is 47.2 Å². The lowest BCUT2D eigenvalue weighted by molar-refractivity contribution is 0.0532. The van der Waals surface area contributed by atoms with E-state index >= 15 is 0 Å². The SMILES string of the molecule is COc1cccc(-c2cc(C(=O)N3CCN(C(=O)c4ccccc4Cl)CC3)[nH]n2)c1. The molecular formula is C22H21ClN4O3. The Bertz CT molecular complexity index is 1070. The van der Waals surface area contributed by atoms with Crippen LogP contribution < -0.4 is 4.74 Å². The molecule has 0 atom stereocenters. The molecule has 8 heteroatoms. The number of rotatable bonds is 4. The van der Waals surface area contributed by atoms with Crippen LogP contribution in [0.4, 0.5) is 0 Å². The van der Waals surface area contributed by atoms with Crippen LogP contribution >= 0.6 is 11.6 Å². The number of carbonyl (C=O) groups is 2. The Morgan fingerprint density at radius 1 is 0.967 bits per heavy atom. The second-order valence-corrected chi connectivity index (χ2v) is 7.37. The summed E-state index contributed by atoms with van der Waals surface area (Å²) in [6, 6.07) is 16.2. The fourth-order valence-electron chi connectivity index (χ4n) is 3.45. The Morgan fingerprint density at radius 3 is 2.37 bits per heavy atom. The van der Waals surface area contributed by atoms with Crippen molar-refractivity contribution in [3.8, 4) is 17.0 Å². The molecule has 2 amide bonds. The molecule has 3 aromatic rings. The number of H-pyrrole nitrogens is 1. The van der Waals surface area contributed by atoms with E-state index in [2.05, 4.69) is 10.2 Å². The summed E-state index contributed by atoms with van der Waals surface area (Å²) in [5.74, 6) is 0.471. The summed E-state index contributed by atoms with van der Waals surface area (Å²) in [4.78, 5) is 29.0. The van der Waals surface area contributed by atoms with Gasteiger partial charge < -0.3 is 14.5 Å². The number of aromatic amines is 1. The first-order valence-corrected chi connectivity index (χ1v) is 9.97. The van der Waals surface area contributed by atoms with Crippen molar-refractivity contribution in [3.05, 3.63) is 70.9 Å². The van der Waals surface area contributed by atoms with E-state index in [0.717, 1.165) is 11.3 Å². The Balaban J connectivity index is 1.41. The predicted molar refractivity (Wildman–Crippen MR) is 114 cm³/mol. The molecule has 2 heterocycles. The van der Waals surface area contributed by atoms with Gasteiger partial charge in [-0.25, -0.2) is 0 Å². The zero-order valence-corrected chi connectivity index (χ0v) is 17.2. The first kappa shape index (κ1) is 20.0. The van der Waals surface area contributed by atoms with Gasteiger partial charge in [-0.3, -0.25) is 14.7 Å². The number of carbonyl (C=O) groups excluding carboxylic acids is 2.